The molecule has 2 aliphatic heterocycles. The Balaban J connectivity index is 1.36. The monoisotopic (exact) mass is 415 g/mol. The Morgan fingerprint density at radius 2 is 1.97 bits per heavy atom. The number of imidazole rings is 1. The summed E-state index contributed by atoms with van der Waals surface area (Å²) < 4.78 is 7.73. The fraction of sp³-hybridized carbons (Fsp3) is 0.524. The van der Waals surface area contributed by atoms with Crippen LogP contribution < -0.4 is 5.73 Å². The minimum absolute atomic E-state index is 0.224. The molecule has 156 valence electrons. The maximum absolute atomic E-state index is 12.2. The number of nitrogens with zero attached hydrogens (tertiary/aromatic N) is 4. The molecule has 2 aliphatic rings. The molecular formula is C21H29N5O2S. The van der Waals surface area contributed by atoms with Crippen molar-refractivity contribution in [3.05, 3.63) is 41.7 Å². The highest BCUT2D eigenvalue weighted by Gasteiger charge is 2.29. The van der Waals surface area contributed by atoms with Crippen molar-refractivity contribution in [1.29, 1.82) is 0 Å². The summed E-state index contributed by atoms with van der Waals surface area (Å²) in [6.07, 6.45) is 1.94. The first-order valence-corrected chi connectivity index (χ1v) is 11.0. The first-order chi connectivity index (χ1) is 13.8. The number of carbonyl (C=O) groups excluding carboxylic acids is 1. The van der Waals surface area contributed by atoms with Crippen LogP contribution in [0.4, 0.5) is 10.5 Å². The van der Waals surface area contributed by atoms with Gasteiger partial charge >= 0.3 is 6.09 Å². The lowest BCUT2D eigenvalue weighted by atomic mass is 10.1. The average Bonchev–Trinajstić information content (AvgIpc) is 3.21. The maximum atomic E-state index is 12.2. The van der Waals surface area contributed by atoms with Crippen molar-refractivity contribution in [1.82, 2.24) is 19.4 Å². The zero-order valence-corrected chi connectivity index (χ0v) is 18.1. The Kier molecular flexibility index (Phi) is 5.48. The largest absolute Gasteiger partial charge is 0.444 e. The predicted octanol–water partition coefficient (Wildman–Crippen LogP) is 3.21. The van der Waals surface area contributed by atoms with Gasteiger partial charge in [-0.1, -0.05) is 30.0 Å². The van der Waals surface area contributed by atoms with Gasteiger partial charge < -0.3 is 19.9 Å². The molecule has 1 unspecified atom stereocenters. The van der Waals surface area contributed by atoms with Gasteiger partial charge in [-0.3, -0.25) is 4.90 Å². The standard InChI is InChI=1S/C21H29N5O2S/c1-21(2,3)28-20(27)25-10-8-24(9-11-25)12-15-13-26-18(14-29-19(26)23-15)16-6-4-5-7-17(16)22/h4-7,13,18H,8-12,14,22H2,1-3H3. The van der Waals surface area contributed by atoms with Crippen molar-refractivity contribution < 1.29 is 9.53 Å². The van der Waals surface area contributed by atoms with Crippen LogP contribution in [-0.4, -0.2) is 63.0 Å². The number of benzene rings is 1. The molecule has 0 radical (unpaired) electrons. The molecular weight excluding hydrogens is 386 g/mol. The number of nitrogens with two attached hydrogens (primary N) is 1. The van der Waals surface area contributed by atoms with Crippen LogP contribution in [0, 0.1) is 0 Å². The molecule has 0 aliphatic carbocycles. The van der Waals surface area contributed by atoms with Crippen molar-refractivity contribution in [2.24, 2.45) is 0 Å². The summed E-state index contributed by atoms with van der Waals surface area (Å²) in [6, 6.07) is 8.31. The van der Waals surface area contributed by atoms with Gasteiger partial charge in [0.2, 0.25) is 0 Å². The van der Waals surface area contributed by atoms with Crippen molar-refractivity contribution in [3.63, 3.8) is 0 Å². The van der Waals surface area contributed by atoms with E-state index in [1.165, 1.54) is 0 Å². The Bertz CT molecular complexity index is 883. The number of fused-ring (bicyclic) bond motifs is 1. The maximum Gasteiger partial charge on any atom is 0.410 e. The number of rotatable bonds is 3. The first kappa shape index (κ1) is 20.1. The zero-order valence-electron chi connectivity index (χ0n) is 17.3. The van der Waals surface area contributed by atoms with E-state index in [1.807, 2.05) is 39.0 Å². The summed E-state index contributed by atoms with van der Waals surface area (Å²) >= 11 is 1.78. The van der Waals surface area contributed by atoms with Gasteiger partial charge in [0.25, 0.3) is 0 Å². The van der Waals surface area contributed by atoms with Crippen molar-refractivity contribution in [2.75, 3.05) is 37.7 Å². The summed E-state index contributed by atoms with van der Waals surface area (Å²) in [5, 5.41) is 1.06. The van der Waals surface area contributed by atoms with Gasteiger partial charge in [-0.25, -0.2) is 9.78 Å². The molecule has 0 saturated carbocycles. The van der Waals surface area contributed by atoms with Crippen LogP contribution in [0.2, 0.25) is 0 Å². The molecule has 1 saturated heterocycles. The molecule has 0 spiro atoms. The van der Waals surface area contributed by atoms with Gasteiger partial charge in [0, 0.05) is 50.4 Å². The highest BCUT2D eigenvalue weighted by molar-refractivity contribution is 7.99. The fourth-order valence-corrected chi connectivity index (χ4v) is 4.92. The number of thioether (sulfide) groups is 1. The van der Waals surface area contributed by atoms with E-state index < -0.39 is 5.60 Å². The van der Waals surface area contributed by atoms with Crippen molar-refractivity contribution >= 4 is 23.5 Å². The Labute approximate surface area is 176 Å². The van der Waals surface area contributed by atoms with Gasteiger partial charge in [0.15, 0.2) is 5.16 Å². The Hall–Kier alpha value is -2.19. The topological polar surface area (TPSA) is 76.6 Å². The Morgan fingerprint density at radius 3 is 2.66 bits per heavy atom. The fourth-order valence-electron chi connectivity index (χ4n) is 3.76. The number of piperazine rings is 1. The van der Waals surface area contributed by atoms with E-state index in [-0.39, 0.29) is 12.1 Å². The third kappa shape index (κ3) is 4.53. The SMILES string of the molecule is CC(C)(C)OC(=O)N1CCN(Cc2cn3c(n2)SCC3c2ccccc2N)CC1. The second-order valence-corrected chi connectivity index (χ2v) is 9.61. The molecule has 1 aromatic heterocycles. The molecule has 1 amide bonds. The molecule has 1 fully saturated rings. The molecule has 1 aromatic carbocycles. The summed E-state index contributed by atoms with van der Waals surface area (Å²) in [7, 11) is 0. The molecule has 29 heavy (non-hydrogen) atoms. The van der Waals surface area contributed by atoms with Crippen LogP contribution in [0.3, 0.4) is 0 Å². The highest BCUT2D eigenvalue weighted by atomic mass is 32.2. The lowest BCUT2D eigenvalue weighted by Gasteiger charge is -2.35. The van der Waals surface area contributed by atoms with E-state index in [0.29, 0.717) is 13.1 Å². The number of aromatic nitrogens is 2. The van der Waals surface area contributed by atoms with Gasteiger partial charge in [-0.15, -0.1) is 0 Å². The van der Waals surface area contributed by atoms with Crippen LogP contribution in [-0.2, 0) is 11.3 Å². The molecule has 4 rings (SSSR count). The van der Waals surface area contributed by atoms with Gasteiger partial charge in [-0.2, -0.15) is 0 Å². The number of amides is 1. The van der Waals surface area contributed by atoms with E-state index in [4.69, 9.17) is 15.5 Å². The summed E-state index contributed by atoms with van der Waals surface area (Å²) in [4.78, 5) is 21.2. The van der Waals surface area contributed by atoms with E-state index in [2.05, 4.69) is 21.7 Å². The van der Waals surface area contributed by atoms with E-state index in [9.17, 15) is 4.79 Å². The number of anilines is 1. The number of nitrogen functional groups attached to an aromatic ring is 1. The molecule has 7 nitrogen and oxygen atoms in total. The summed E-state index contributed by atoms with van der Waals surface area (Å²) in [6.45, 7) is 9.49. The number of hydrogen-bond acceptors (Lipinski definition) is 6. The normalized spacial score (nSPS) is 20.0. The summed E-state index contributed by atoms with van der Waals surface area (Å²) in [5.74, 6) is 0.964. The van der Waals surface area contributed by atoms with Crippen molar-refractivity contribution in [3.8, 4) is 0 Å². The quantitative estimate of drug-likeness (QED) is 0.776. The van der Waals surface area contributed by atoms with Crippen LogP contribution in [0.15, 0.2) is 35.6 Å². The average molecular weight is 416 g/mol. The molecule has 2 aromatic rings. The molecule has 8 heteroatoms. The van der Waals surface area contributed by atoms with Gasteiger partial charge in [0.05, 0.1) is 11.7 Å². The van der Waals surface area contributed by atoms with Crippen molar-refractivity contribution in [2.45, 2.75) is 44.1 Å². The second-order valence-electron chi connectivity index (χ2n) is 8.62. The minimum atomic E-state index is -0.457. The first-order valence-electron chi connectivity index (χ1n) is 10.1. The third-order valence-corrected chi connectivity index (χ3v) is 6.26. The van der Waals surface area contributed by atoms with Crippen LogP contribution in [0.25, 0.3) is 0 Å². The number of carbonyl (C=O) groups is 1. The number of hydrogen-bond donors (Lipinski definition) is 1. The third-order valence-electron chi connectivity index (χ3n) is 5.22. The minimum Gasteiger partial charge on any atom is -0.444 e. The molecule has 3 heterocycles. The smallest absolute Gasteiger partial charge is 0.410 e. The lowest BCUT2D eigenvalue weighted by Crippen LogP contribution is -2.49. The zero-order chi connectivity index (χ0) is 20.6. The predicted molar refractivity (Wildman–Crippen MR) is 115 cm³/mol. The van der Waals surface area contributed by atoms with E-state index in [0.717, 1.165) is 47.5 Å². The molecule has 1 atom stereocenters. The van der Waals surface area contributed by atoms with E-state index in [1.54, 1.807) is 16.7 Å². The number of ether oxygens (including phenoxy) is 1. The van der Waals surface area contributed by atoms with E-state index >= 15 is 0 Å². The Morgan fingerprint density at radius 1 is 1.24 bits per heavy atom. The van der Waals surface area contributed by atoms with Crippen LogP contribution in [0.1, 0.15) is 38.1 Å². The molecule has 0 bridgehead atoms. The van der Waals surface area contributed by atoms with Crippen LogP contribution in [0.5, 0.6) is 0 Å². The lowest BCUT2D eigenvalue weighted by molar-refractivity contribution is 0.0138. The molecule has 2 N–H and O–H groups in total. The highest BCUT2D eigenvalue weighted by Crippen LogP contribution is 2.38. The summed E-state index contributed by atoms with van der Waals surface area (Å²) in [5.41, 5.74) is 8.80. The van der Waals surface area contributed by atoms with Gasteiger partial charge in [-0.05, 0) is 32.4 Å². The second kappa shape index (κ2) is 7.91. The number of para-hydroxylation sites is 1. The van der Waals surface area contributed by atoms with Gasteiger partial charge in [0.1, 0.15) is 5.60 Å². The van der Waals surface area contributed by atoms with Crippen LogP contribution >= 0.6 is 11.8 Å².